The summed E-state index contributed by atoms with van der Waals surface area (Å²) < 4.78 is 0.948. The third kappa shape index (κ3) is 3.89. The van der Waals surface area contributed by atoms with Crippen LogP contribution in [0.25, 0.3) is 0 Å². The highest BCUT2D eigenvalue weighted by Gasteiger charge is 2.14. The zero-order chi connectivity index (χ0) is 11.4. The topological polar surface area (TPSA) is 17.1 Å². The summed E-state index contributed by atoms with van der Waals surface area (Å²) in [5.41, 5.74) is 0.989. The molecule has 1 nitrogen and oxygen atoms in total. The van der Waals surface area contributed by atoms with Gasteiger partial charge in [0.15, 0.2) is 0 Å². The maximum atomic E-state index is 11.4. The second kappa shape index (κ2) is 6.02. The van der Waals surface area contributed by atoms with Crippen molar-refractivity contribution in [3.63, 3.8) is 0 Å². The average Bonchev–Trinajstić information content (AvgIpc) is 2.20. The van der Waals surface area contributed by atoms with Gasteiger partial charge >= 0.3 is 0 Å². The number of alkyl halides is 1. The van der Waals surface area contributed by atoms with Crippen LogP contribution in [0.3, 0.4) is 0 Å². The number of rotatable bonds is 4. The van der Waals surface area contributed by atoms with Gasteiger partial charge in [0.05, 0.1) is 4.83 Å². The minimum Gasteiger partial charge on any atom is -0.298 e. The van der Waals surface area contributed by atoms with Gasteiger partial charge in [0.25, 0.3) is 0 Å². The molecule has 4 heteroatoms. The average molecular weight is 354 g/mol. The van der Waals surface area contributed by atoms with E-state index in [2.05, 4.69) is 31.9 Å². The van der Waals surface area contributed by atoms with E-state index in [-0.39, 0.29) is 10.6 Å². The van der Waals surface area contributed by atoms with Gasteiger partial charge in [-0.3, -0.25) is 4.79 Å². The van der Waals surface area contributed by atoms with Crippen molar-refractivity contribution < 1.29 is 4.79 Å². The summed E-state index contributed by atoms with van der Waals surface area (Å²) in [5, 5.41) is 0.692. The minimum absolute atomic E-state index is 0.138. The lowest BCUT2D eigenvalue weighted by molar-refractivity contribution is -0.118. The van der Waals surface area contributed by atoms with Crippen molar-refractivity contribution in [2.45, 2.75) is 24.6 Å². The van der Waals surface area contributed by atoms with Crippen LogP contribution in [-0.4, -0.2) is 10.6 Å². The first-order valence-corrected chi connectivity index (χ1v) is 6.74. The molecule has 1 aromatic rings. The fourth-order valence-electron chi connectivity index (χ4n) is 1.22. The molecule has 1 unspecified atom stereocenters. The van der Waals surface area contributed by atoms with Crippen LogP contribution >= 0.6 is 43.5 Å². The third-order valence-electron chi connectivity index (χ3n) is 2.11. The summed E-state index contributed by atoms with van der Waals surface area (Å²) in [6, 6.07) is 5.70. The largest absolute Gasteiger partial charge is 0.298 e. The first-order chi connectivity index (χ1) is 7.04. The number of ketones is 1. The lowest BCUT2D eigenvalue weighted by Gasteiger charge is -2.09. The molecule has 0 aliphatic rings. The Kier molecular flexibility index (Phi) is 5.30. The van der Waals surface area contributed by atoms with E-state index in [9.17, 15) is 4.79 Å². The SMILES string of the molecule is CCC(=O)C(Br)Cc1ccc(Br)cc1Cl. The van der Waals surface area contributed by atoms with Crippen LogP contribution in [-0.2, 0) is 11.2 Å². The Morgan fingerprint density at radius 2 is 2.20 bits per heavy atom. The van der Waals surface area contributed by atoms with Gasteiger partial charge in [-0.2, -0.15) is 0 Å². The lowest BCUT2D eigenvalue weighted by Crippen LogP contribution is -2.15. The number of halogens is 3. The molecule has 0 radical (unpaired) electrons. The van der Waals surface area contributed by atoms with Gasteiger partial charge in [0, 0.05) is 15.9 Å². The highest BCUT2D eigenvalue weighted by atomic mass is 79.9. The Morgan fingerprint density at radius 3 is 2.73 bits per heavy atom. The fourth-order valence-corrected chi connectivity index (χ4v) is 2.64. The Morgan fingerprint density at radius 1 is 1.53 bits per heavy atom. The van der Waals surface area contributed by atoms with Crippen molar-refractivity contribution in [3.8, 4) is 0 Å². The van der Waals surface area contributed by atoms with E-state index in [1.54, 1.807) is 0 Å². The van der Waals surface area contributed by atoms with E-state index in [4.69, 9.17) is 11.6 Å². The van der Waals surface area contributed by atoms with Gasteiger partial charge in [-0.25, -0.2) is 0 Å². The van der Waals surface area contributed by atoms with Crippen LogP contribution in [0.1, 0.15) is 18.9 Å². The molecule has 0 spiro atoms. The van der Waals surface area contributed by atoms with Gasteiger partial charge in [0.1, 0.15) is 5.78 Å². The fraction of sp³-hybridized carbons (Fsp3) is 0.364. The molecule has 0 aromatic heterocycles. The Balaban J connectivity index is 2.76. The van der Waals surface area contributed by atoms with Gasteiger partial charge in [-0.15, -0.1) is 0 Å². The normalized spacial score (nSPS) is 12.5. The quantitative estimate of drug-likeness (QED) is 0.733. The van der Waals surface area contributed by atoms with E-state index >= 15 is 0 Å². The van der Waals surface area contributed by atoms with E-state index in [0.29, 0.717) is 17.9 Å². The van der Waals surface area contributed by atoms with E-state index in [0.717, 1.165) is 10.0 Å². The van der Waals surface area contributed by atoms with Gasteiger partial charge in [-0.05, 0) is 24.1 Å². The molecular weight excluding hydrogens is 343 g/mol. The van der Waals surface area contributed by atoms with Crippen molar-refractivity contribution >= 4 is 49.2 Å². The van der Waals surface area contributed by atoms with Crippen molar-refractivity contribution in [2.75, 3.05) is 0 Å². The number of hydrogen-bond acceptors (Lipinski definition) is 1. The Hall–Kier alpha value is 0.140. The molecule has 82 valence electrons. The zero-order valence-corrected chi connectivity index (χ0v) is 12.2. The molecule has 0 aliphatic heterocycles. The maximum Gasteiger partial charge on any atom is 0.146 e. The molecule has 0 heterocycles. The van der Waals surface area contributed by atoms with Crippen LogP contribution in [0.15, 0.2) is 22.7 Å². The first kappa shape index (κ1) is 13.2. The first-order valence-electron chi connectivity index (χ1n) is 4.65. The van der Waals surface area contributed by atoms with E-state index in [1.165, 1.54) is 0 Å². The molecule has 0 saturated heterocycles. The number of carbonyl (C=O) groups is 1. The van der Waals surface area contributed by atoms with E-state index < -0.39 is 0 Å². The summed E-state index contributed by atoms with van der Waals surface area (Å²) in [6.07, 6.45) is 1.18. The molecule has 1 aromatic carbocycles. The standard InChI is InChI=1S/C11H11Br2ClO/c1-2-11(15)9(13)5-7-3-4-8(12)6-10(7)14/h3-4,6,9H,2,5H2,1H3. The van der Waals surface area contributed by atoms with Crippen LogP contribution in [0.5, 0.6) is 0 Å². The summed E-state index contributed by atoms with van der Waals surface area (Å²) in [6.45, 7) is 1.86. The molecule has 0 amide bonds. The van der Waals surface area contributed by atoms with Crippen LogP contribution in [0.2, 0.25) is 5.02 Å². The molecule has 0 bridgehead atoms. The molecule has 0 N–H and O–H groups in total. The maximum absolute atomic E-state index is 11.4. The molecule has 0 fully saturated rings. The monoisotopic (exact) mass is 352 g/mol. The summed E-state index contributed by atoms with van der Waals surface area (Å²) >= 11 is 12.8. The smallest absolute Gasteiger partial charge is 0.146 e. The van der Waals surface area contributed by atoms with Crippen molar-refractivity contribution in [3.05, 3.63) is 33.3 Å². The van der Waals surface area contributed by atoms with Gasteiger partial charge in [0.2, 0.25) is 0 Å². The van der Waals surface area contributed by atoms with Crippen LogP contribution < -0.4 is 0 Å². The van der Waals surface area contributed by atoms with Crippen molar-refractivity contribution in [1.29, 1.82) is 0 Å². The Labute approximate surface area is 111 Å². The number of hydrogen-bond donors (Lipinski definition) is 0. The molecule has 1 rings (SSSR count). The minimum atomic E-state index is -0.138. The highest BCUT2D eigenvalue weighted by molar-refractivity contribution is 9.10. The summed E-state index contributed by atoms with van der Waals surface area (Å²) in [5.74, 6) is 0.203. The lowest BCUT2D eigenvalue weighted by atomic mass is 10.1. The summed E-state index contributed by atoms with van der Waals surface area (Å²) in [4.78, 5) is 11.3. The highest BCUT2D eigenvalue weighted by Crippen LogP contribution is 2.24. The second-order valence-corrected chi connectivity index (χ2v) is 5.66. The molecular formula is C11H11Br2ClO. The predicted molar refractivity (Wildman–Crippen MR) is 70.9 cm³/mol. The molecule has 0 aliphatic carbocycles. The van der Waals surface area contributed by atoms with E-state index in [1.807, 2.05) is 25.1 Å². The molecule has 15 heavy (non-hydrogen) atoms. The van der Waals surface area contributed by atoms with Crippen molar-refractivity contribution in [1.82, 2.24) is 0 Å². The second-order valence-electron chi connectivity index (χ2n) is 3.23. The molecule has 0 saturated carbocycles. The Bertz CT molecular complexity index is 366. The third-order valence-corrected chi connectivity index (χ3v) is 3.79. The number of benzene rings is 1. The predicted octanol–water partition coefficient (Wildman–Crippen LogP) is 4.39. The zero-order valence-electron chi connectivity index (χ0n) is 8.27. The molecule has 1 atom stereocenters. The van der Waals surface area contributed by atoms with Crippen molar-refractivity contribution in [2.24, 2.45) is 0 Å². The van der Waals surface area contributed by atoms with Gasteiger partial charge in [-0.1, -0.05) is 56.5 Å². The number of carbonyl (C=O) groups excluding carboxylic acids is 1. The van der Waals surface area contributed by atoms with Gasteiger partial charge < -0.3 is 0 Å². The summed E-state index contributed by atoms with van der Waals surface area (Å²) in [7, 11) is 0. The van der Waals surface area contributed by atoms with Crippen LogP contribution in [0, 0.1) is 0 Å². The number of Topliss-reactive ketones (excluding diaryl/α,β-unsaturated/α-hetero) is 1. The van der Waals surface area contributed by atoms with Crippen LogP contribution in [0.4, 0.5) is 0 Å².